The second-order valence-corrected chi connectivity index (χ2v) is 7.93. The Kier molecular flexibility index (Phi) is 5.49. The first kappa shape index (κ1) is 17.3. The van der Waals surface area contributed by atoms with Crippen molar-refractivity contribution in [2.75, 3.05) is 24.6 Å². The summed E-state index contributed by atoms with van der Waals surface area (Å²) in [4.78, 5) is 29.8. The molecule has 24 heavy (non-hydrogen) atoms. The van der Waals surface area contributed by atoms with Crippen LogP contribution >= 0.6 is 11.8 Å². The average Bonchev–Trinajstić information content (AvgIpc) is 2.65. The SMILES string of the molecule is CC[C@@H](C)C(=O)N1Cc2ccccc2C[C@@H]1C(=O)N1CCSCC1. The highest BCUT2D eigenvalue weighted by molar-refractivity contribution is 7.99. The summed E-state index contributed by atoms with van der Waals surface area (Å²) in [6, 6.07) is 7.85. The summed E-state index contributed by atoms with van der Waals surface area (Å²) >= 11 is 1.89. The molecular weight excluding hydrogens is 320 g/mol. The number of hydrogen-bond acceptors (Lipinski definition) is 3. The minimum Gasteiger partial charge on any atom is -0.339 e. The van der Waals surface area contributed by atoms with Crippen LogP contribution in [0.1, 0.15) is 31.4 Å². The molecule has 0 unspecified atom stereocenters. The molecule has 3 rings (SSSR count). The maximum absolute atomic E-state index is 13.1. The van der Waals surface area contributed by atoms with Crippen LogP contribution in [0, 0.1) is 5.92 Å². The lowest BCUT2D eigenvalue weighted by Crippen LogP contribution is -2.55. The average molecular weight is 346 g/mol. The zero-order valence-corrected chi connectivity index (χ0v) is 15.3. The number of carbonyl (C=O) groups excluding carboxylic acids is 2. The van der Waals surface area contributed by atoms with Crippen molar-refractivity contribution in [1.82, 2.24) is 9.80 Å². The van der Waals surface area contributed by atoms with Crippen molar-refractivity contribution in [3.05, 3.63) is 35.4 Å². The first-order chi connectivity index (χ1) is 11.6. The first-order valence-corrected chi connectivity index (χ1v) is 10.0. The summed E-state index contributed by atoms with van der Waals surface area (Å²) < 4.78 is 0. The molecule has 2 atom stereocenters. The summed E-state index contributed by atoms with van der Waals surface area (Å²) in [6.45, 7) is 6.14. The number of nitrogens with zero attached hydrogens (tertiary/aromatic N) is 2. The molecule has 5 heteroatoms. The van der Waals surface area contributed by atoms with Gasteiger partial charge in [0.25, 0.3) is 0 Å². The number of carbonyl (C=O) groups is 2. The Morgan fingerprint density at radius 1 is 1.21 bits per heavy atom. The van der Waals surface area contributed by atoms with E-state index in [1.165, 1.54) is 11.1 Å². The molecule has 130 valence electrons. The van der Waals surface area contributed by atoms with Gasteiger partial charge in [-0.15, -0.1) is 0 Å². The van der Waals surface area contributed by atoms with Crippen molar-refractivity contribution in [2.45, 2.75) is 39.3 Å². The lowest BCUT2D eigenvalue weighted by atomic mass is 9.91. The minimum atomic E-state index is -0.343. The Morgan fingerprint density at radius 2 is 1.88 bits per heavy atom. The van der Waals surface area contributed by atoms with Gasteiger partial charge < -0.3 is 9.80 Å². The quantitative estimate of drug-likeness (QED) is 0.845. The van der Waals surface area contributed by atoms with Crippen molar-refractivity contribution < 1.29 is 9.59 Å². The van der Waals surface area contributed by atoms with Gasteiger partial charge in [-0.3, -0.25) is 9.59 Å². The summed E-state index contributed by atoms with van der Waals surface area (Å²) in [5.74, 6) is 2.18. The van der Waals surface area contributed by atoms with Gasteiger partial charge in [0.05, 0.1) is 0 Å². The van der Waals surface area contributed by atoms with E-state index in [0.29, 0.717) is 13.0 Å². The minimum absolute atomic E-state index is 0.0394. The third kappa shape index (κ3) is 3.46. The van der Waals surface area contributed by atoms with Crippen LogP contribution in [0.2, 0.25) is 0 Å². The normalized spacial score (nSPS) is 22.0. The van der Waals surface area contributed by atoms with Crippen LogP contribution in [0.25, 0.3) is 0 Å². The number of fused-ring (bicyclic) bond motifs is 1. The van der Waals surface area contributed by atoms with Gasteiger partial charge in [0, 0.05) is 43.5 Å². The molecule has 2 amide bonds. The Hall–Kier alpha value is -1.49. The van der Waals surface area contributed by atoms with Crippen LogP contribution in [-0.4, -0.2) is 52.3 Å². The molecule has 1 saturated heterocycles. The molecule has 0 N–H and O–H groups in total. The fourth-order valence-electron chi connectivity index (χ4n) is 3.43. The zero-order chi connectivity index (χ0) is 17.1. The van der Waals surface area contributed by atoms with E-state index in [4.69, 9.17) is 0 Å². The first-order valence-electron chi connectivity index (χ1n) is 8.85. The van der Waals surface area contributed by atoms with Crippen molar-refractivity contribution in [1.29, 1.82) is 0 Å². The molecule has 0 aliphatic carbocycles. The predicted molar refractivity (Wildman–Crippen MR) is 97.8 cm³/mol. The van der Waals surface area contributed by atoms with Crippen LogP contribution in [0.4, 0.5) is 0 Å². The lowest BCUT2D eigenvalue weighted by Gasteiger charge is -2.40. The summed E-state index contributed by atoms with van der Waals surface area (Å²) in [5.41, 5.74) is 2.38. The largest absolute Gasteiger partial charge is 0.339 e. The van der Waals surface area contributed by atoms with Gasteiger partial charge in [0.2, 0.25) is 11.8 Å². The zero-order valence-electron chi connectivity index (χ0n) is 14.5. The monoisotopic (exact) mass is 346 g/mol. The summed E-state index contributed by atoms with van der Waals surface area (Å²) in [7, 11) is 0. The van der Waals surface area contributed by atoms with E-state index in [0.717, 1.165) is 31.0 Å². The molecule has 2 heterocycles. The van der Waals surface area contributed by atoms with Gasteiger partial charge in [-0.1, -0.05) is 38.1 Å². The maximum atomic E-state index is 13.1. The molecule has 2 aliphatic heterocycles. The molecule has 4 nitrogen and oxygen atoms in total. The number of hydrogen-bond donors (Lipinski definition) is 0. The van der Waals surface area contributed by atoms with E-state index in [-0.39, 0.29) is 23.8 Å². The fraction of sp³-hybridized carbons (Fsp3) is 0.579. The van der Waals surface area contributed by atoms with Gasteiger partial charge in [-0.25, -0.2) is 0 Å². The third-order valence-corrected chi connectivity index (χ3v) is 6.12. The Morgan fingerprint density at radius 3 is 2.54 bits per heavy atom. The fourth-order valence-corrected chi connectivity index (χ4v) is 4.33. The molecule has 1 aromatic carbocycles. The molecule has 0 radical (unpaired) electrons. The van der Waals surface area contributed by atoms with Crippen molar-refractivity contribution in [3.8, 4) is 0 Å². The Bertz CT molecular complexity index is 613. The molecule has 1 fully saturated rings. The number of rotatable bonds is 3. The van der Waals surface area contributed by atoms with E-state index in [9.17, 15) is 9.59 Å². The Labute approximate surface area is 148 Å². The van der Waals surface area contributed by atoms with E-state index in [1.54, 1.807) is 0 Å². The van der Waals surface area contributed by atoms with E-state index >= 15 is 0 Å². The molecule has 0 saturated carbocycles. The van der Waals surface area contributed by atoms with Gasteiger partial charge in [-0.05, 0) is 17.5 Å². The topological polar surface area (TPSA) is 40.6 Å². The van der Waals surface area contributed by atoms with Crippen LogP contribution in [0.3, 0.4) is 0 Å². The van der Waals surface area contributed by atoms with Gasteiger partial charge in [-0.2, -0.15) is 11.8 Å². The van der Waals surface area contributed by atoms with Gasteiger partial charge >= 0.3 is 0 Å². The molecule has 0 spiro atoms. The van der Waals surface area contributed by atoms with Crippen LogP contribution < -0.4 is 0 Å². The van der Waals surface area contributed by atoms with Gasteiger partial charge in [0.1, 0.15) is 6.04 Å². The second-order valence-electron chi connectivity index (χ2n) is 6.70. The molecule has 1 aromatic rings. The predicted octanol–water partition coefficient (Wildman–Crippen LogP) is 2.56. The van der Waals surface area contributed by atoms with E-state index in [2.05, 4.69) is 12.1 Å². The highest BCUT2D eigenvalue weighted by Crippen LogP contribution is 2.27. The number of amides is 2. The third-order valence-electron chi connectivity index (χ3n) is 5.17. The van der Waals surface area contributed by atoms with Crippen LogP contribution in [0.15, 0.2) is 24.3 Å². The van der Waals surface area contributed by atoms with Crippen LogP contribution in [0.5, 0.6) is 0 Å². The Balaban J connectivity index is 1.87. The van der Waals surface area contributed by atoms with E-state index < -0.39 is 0 Å². The molecular formula is C19H26N2O2S. The second kappa shape index (κ2) is 7.60. The van der Waals surface area contributed by atoms with Crippen molar-refractivity contribution >= 4 is 23.6 Å². The summed E-state index contributed by atoms with van der Waals surface area (Å²) in [6.07, 6.45) is 1.44. The number of thioether (sulfide) groups is 1. The number of benzene rings is 1. The smallest absolute Gasteiger partial charge is 0.245 e. The summed E-state index contributed by atoms with van der Waals surface area (Å²) in [5, 5.41) is 0. The molecule has 2 aliphatic rings. The molecule has 0 aromatic heterocycles. The molecule has 0 bridgehead atoms. The highest BCUT2D eigenvalue weighted by Gasteiger charge is 2.38. The van der Waals surface area contributed by atoms with Crippen molar-refractivity contribution in [2.24, 2.45) is 5.92 Å². The van der Waals surface area contributed by atoms with E-state index in [1.807, 2.05) is 47.5 Å². The maximum Gasteiger partial charge on any atom is 0.245 e. The lowest BCUT2D eigenvalue weighted by molar-refractivity contribution is -0.149. The van der Waals surface area contributed by atoms with Crippen LogP contribution in [-0.2, 0) is 22.6 Å². The van der Waals surface area contributed by atoms with Gasteiger partial charge in [0.15, 0.2) is 0 Å². The highest BCUT2D eigenvalue weighted by atomic mass is 32.2. The van der Waals surface area contributed by atoms with Crippen molar-refractivity contribution in [3.63, 3.8) is 0 Å². The standard InChI is InChI=1S/C19H26N2O2S/c1-3-14(2)18(22)21-13-16-7-5-4-6-15(16)12-17(21)19(23)20-8-10-24-11-9-20/h4-7,14,17H,3,8-13H2,1-2H3/t14-,17-/m1/s1.